The van der Waals surface area contributed by atoms with Gasteiger partial charge in [-0.25, -0.2) is 0 Å². The van der Waals surface area contributed by atoms with Crippen LogP contribution in [0.15, 0.2) is 23.7 Å². The fourth-order valence-electron chi connectivity index (χ4n) is 0.273. The number of nitrogens with two attached hydrogens (primary N) is 2. The van der Waals surface area contributed by atoms with Crippen molar-refractivity contribution in [2.75, 3.05) is 0 Å². The van der Waals surface area contributed by atoms with Crippen molar-refractivity contribution in [1.82, 2.24) is 0 Å². The van der Waals surface area contributed by atoms with Crippen LogP contribution >= 0.6 is 0 Å². The highest BCUT2D eigenvalue weighted by Gasteiger charge is 1.83. The second-order valence-corrected chi connectivity index (χ2v) is 1.54. The molecule has 0 aliphatic heterocycles. The summed E-state index contributed by atoms with van der Waals surface area (Å²) < 4.78 is 0. The molecule has 0 aromatic rings. The molecule has 0 unspecified atom stereocenters. The third kappa shape index (κ3) is 2.25. The van der Waals surface area contributed by atoms with E-state index in [1.54, 1.807) is 12.3 Å². The Balaban J connectivity index is 4.00. The lowest BCUT2D eigenvalue weighted by Crippen LogP contribution is -2.39. The van der Waals surface area contributed by atoms with Crippen molar-refractivity contribution in [3.05, 3.63) is 23.7 Å². The van der Waals surface area contributed by atoms with Crippen LogP contribution in [0.25, 0.3) is 0 Å². The van der Waals surface area contributed by atoms with Crippen LogP contribution in [0, 0.1) is 0 Å². The first-order chi connectivity index (χ1) is 3.68. The van der Waals surface area contributed by atoms with Gasteiger partial charge in [0.1, 0.15) is 0 Å². The van der Waals surface area contributed by atoms with Gasteiger partial charge >= 0.3 is 0 Å². The summed E-state index contributed by atoms with van der Waals surface area (Å²) in [7, 11) is 0. The summed E-state index contributed by atoms with van der Waals surface area (Å²) in [6, 6.07) is 0. The molecule has 0 aliphatic carbocycles. The summed E-state index contributed by atoms with van der Waals surface area (Å²) >= 11 is 0. The lowest BCUT2D eigenvalue weighted by Gasteiger charge is -1.91. The van der Waals surface area contributed by atoms with Crippen LogP contribution < -0.4 is 17.2 Å². The first-order valence-electron chi connectivity index (χ1n) is 2.36. The predicted molar refractivity (Wildman–Crippen MR) is 33.1 cm³/mol. The van der Waals surface area contributed by atoms with E-state index >= 15 is 0 Å². The van der Waals surface area contributed by atoms with Crippen molar-refractivity contribution < 1.29 is 5.73 Å². The van der Waals surface area contributed by atoms with Gasteiger partial charge < -0.3 is 17.2 Å². The molecule has 0 radical (unpaired) electrons. The van der Waals surface area contributed by atoms with Crippen molar-refractivity contribution in [3.63, 3.8) is 0 Å². The fraction of sp³-hybridized carbons (Fsp3) is 0.200. The van der Waals surface area contributed by atoms with Gasteiger partial charge in [0.05, 0.1) is 12.0 Å². The zero-order valence-corrected chi connectivity index (χ0v) is 5.02. The van der Waals surface area contributed by atoms with Crippen molar-refractivity contribution in [2.45, 2.75) is 6.92 Å². The highest BCUT2D eigenvalue weighted by Crippen LogP contribution is 1.91. The Labute approximate surface area is 48.8 Å². The molecule has 0 atom stereocenters. The van der Waals surface area contributed by atoms with E-state index in [0.29, 0.717) is 5.82 Å². The Kier molecular flexibility index (Phi) is 2.72. The molecule has 0 saturated carbocycles. The van der Waals surface area contributed by atoms with Crippen molar-refractivity contribution >= 4 is 0 Å². The maximum Gasteiger partial charge on any atom is 0.0965 e. The zero-order chi connectivity index (χ0) is 6.57. The summed E-state index contributed by atoms with van der Waals surface area (Å²) in [5.74, 6) is 0.352. The average Bonchev–Trinajstić information content (AvgIpc) is 1.67. The standard InChI is InChI=1S/C5H11N3/c1-4(2-3-6)5(7)8/h2-3H,6-8H2,1H3/p+1. The second-order valence-electron chi connectivity index (χ2n) is 1.54. The normalized spacial score (nSPS) is 9.75. The summed E-state index contributed by atoms with van der Waals surface area (Å²) in [6.45, 7) is 1.83. The lowest BCUT2D eigenvalue weighted by molar-refractivity contribution is -0.274. The third-order valence-corrected chi connectivity index (χ3v) is 0.823. The average molecular weight is 114 g/mol. The summed E-state index contributed by atoms with van der Waals surface area (Å²) in [5.41, 5.74) is 14.7. The highest BCUT2D eigenvalue weighted by molar-refractivity contribution is 5.17. The van der Waals surface area contributed by atoms with E-state index < -0.39 is 0 Å². The van der Waals surface area contributed by atoms with Crippen LogP contribution in [-0.4, -0.2) is 0 Å². The van der Waals surface area contributed by atoms with E-state index in [0.717, 1.165) is 5.57 Å². The van der Waals surface area contributed by atoms with Gasteiger partial charge in [-0.3, -0.25) is 0 Å². The monoisotopic (exact) mass is 114 g/mol. The number of hydrogen-bond donors (Lipinski definition) is 3. The van der Waals surface area contributed by atoms with Gasteiger partial charge in [-0.1, -0.05) is 0 Å². The van der Waals surface area contributed by atoms with Gasteiger partial charge in [-0.05, 0) is 18.6 Å². The van der Waals surface area contributed by atoms with Crippen LogP contribution in [0.3, 0.4) is 0 Å². The Morgan fingerprint density at radius 1 is 1.50 bits per heavy atom. The van der Waals surface area contributed by atoms with Crippen LogP contribution in [-0.2, 0) is 0 Å². The van der Waals surface area contributed by atoms with Crippen molar-refractivity contribution in [1.29, 1.82) is 0 Å². The van der Waals surface area contributed by atoms with E-state index in [-0.39, 0.29) is 0 Å². The molecule has 3 heteroatoms. The number of quaternary nitrogens is 1. The van der Waals surface area contributed by atoms with Crippen LogP contribution in [0.4, 0.5) is 0 Å². The van der Waals surface area contributed by atoms with Gasteiger partial charge in [-0.15, -0.1) is 0 Å². The molecule has 46 valence electrons. The van der Waals surface area contributed by atoms with E-state index in [1.807, 2.05) is 6.92 Å². The molecule has 0 spiro atoms. The second kappa shape index (κ2) is 3.10. The molecule has 0 aromatic heterocycles. The largest absolute Gasteiger partial charge is 0.385 e. The van der Waals surface area contributed by atoms with Crippen molar-refractivity contribution in [2.24, 2.45) is 11.5 Å². The molecule has 0 amide bonds. The van der Waals surface area contributed by atoms with Gasteiger partial charge in [0, 0.05) is 0 Å². The summed E-state index contributed by atoms with van der Waals surface area (Å²) in [5, 5.41) is 0. The van der Waals surface area contributed by atoms with Crippen LogP contribution in [0.5, 0.6) is 0 Å². The third-order valence-electron chi connectivity index (χ3n) is 0.823. The molecule has 7 N–H and O–H groups in total. The molecule has 0 bridgehead atoms. The molecule has 0 aromatic carbocycles. The van der Waals surface area contributed by atoms with Gasteiger partial charge in [0.2, 0.25) is 0 Å². The molecule has 8 heavy (non-hydrogen) atoms. The number of rotatable bonds is 1. The molecule has 0 rings (SSSR count). The number of allylic oxidation sites excluding steroid dienone is 2. The topological polar surface area (TPSA) is 79.7 Å². The Hall–Kier alpha value is -0.960. The zero-order valence-electron chi connectivity index (χ0n) is 5.02. The predicted octanol–water partition coefficient (Wildman–Crippen LogP) is -1.11. The molecule has 0 heterocycles. The molecule has 3 nitrogen and oxygen atoms in total. The van der Waals surface area contributed by atoms with E-state index in [2.05, 4.69) is 5.73 Å². The van der Waals surface area contributed by atoms with E-state index in [4.69, 9.17) is 11.5 Å². The molecule has 0 fully saturated rings. The number of hydrogen-bond acceptors (Lipinski definition) is 2. The van der Waals surface area contributed by atoms with E-state index in [1.165, 1.54) is 0 Å². The van der Waals surface area contributed by atoms with Gasteiger partial charge in [-0.2, -0.15) is 0 Å². The molecular weight excluding hydrogens is 102 g/mol. The van der Waals surface area contributed by atoms with Gasteiger partial charge in [0.25, 0.3) is 0 Å². The first-order valence-corrected chi connectivity index (χ1v) is 2.36. The quantitative estimate of drug-likeness (QED) is 0.378. The molecule has 0 aliphatic rings. The Bertz CT molecular complexity index is 120. The Morgan fingerprint density at radius 2 is 2.00 bits per heavy atom. The fourth-order valence-corrected chi connectivity index (χ4v) is 0.273. The van der Waals surface area contributed by atoms with Crippen molar-refractivity contribution in [3.8, 4) is 0 Å². The van der Waals surface area contributed by atoms with Crippen LogP contribution in [0.1, 0.15) is 6.92 Å². The minimum absolute atomic E-state index is 0.352. The molecular formula is C5H12N3+. The Morgan fingerprint density at radius 3 is 2.12 bits per heavy atom. The highest BCUT2D eigenvalue weighted by atomic mass is 14.8. The maximum atomic E-state index is 5.20. The SMILES string of the molecule is CC(C=C[NH3+])=C(N)N. The smallest absolute Gasteiger partial charge is 0.0965 e. The minimum atomic E-state index is 0.352. The molecule has 0 saturated heterocycles. The lowest BCUT2D eigenvalue weighted by atomic mass is 10.3. The van der Waals surface area contributed by atoms with Gasteiger partial charge in [0.15, 0.2) is 0 Å². The minimum Gasteiger partial charge on any atom is -0.385 e. The van der Waals surface area contributed by atoms with E-state index in [9.17, 15) is 0 Å². The van der Waals surface area contributed by atoms with Crippen LogP contribution in [0.2, 0.25) is 0 Å². The summed E-state index contributed by atoms with van der Waals surface area (Å²) in [6.07, 6.45) is 3.41. The first kappa shape index (κ1) is 7.04. The maximum absolute atomic E-state index is 5.20. The summed E-state index contributed by atoms with van der Waals surface area (Å²) in [4.78, 5) is 0.